The molecule has 0 unspecified atom stereocenters. The Bertz CT molecular complexity index is 1260. The van der Waals surface area contributed by atoms with Crippen LogP contribution in [0.5, 0.6) is 11.5 Å². The monoisotopic (exact) mass is 479 g/mol. The number of nitrogens with one attached hydrogen (secondary N) is 2. The van der Waals surface area contributed by atoms with Gasteiger partial charge in [0.2, 0.25) is 0 Å². The van der Waals surface area contributed by atoms with Crippen LogP contribution in [-0.4, -0.2) is 29.1 Å². The quantitative estimate of drug-likeness (QED) is 0.167. The van der Waals surface area contributed by atoms with E-state index < -0.39 is 4.92 Å². The standard InChI is InChI=1S/C22H19N5O4S.C2H6/c1-30-16-10-14(11-17(13-16)31-2)23-21-22(25-20-9-4-3-8-19(20)24-21)26-32-18-7-5-6-15(12-18)27(28)29;1-2/h3-13H,1-2H3,(H,23,24)(H,25,26);1-2H3. The van der Waals surface area contributed by atoms with Crippen molar-refractivity contribution in [2.24, 2.45) is 0 Å². The van der Waals surface area contributed by atoms with Crippen LogP contribution in [0.3, 0.4) is 0 Å². The van der Waals surface area contributed by atoms with Crippen LogP contribution in [0.25, 0.3) is 11.0 Å². The number of fused-ring (bicyclic) bond motifs is 1. The highest BCUT2D eigenvalue weighted by molar-refractivity contribution is 8.00. The molecule has 0 bridgehead atoms. The normalized spacial score (nSPS) is 10.1. The number of benzene rings is 3. The van der Waals surface area contributed by atoms with Gasteiger partial charge in [0.15, 0.2) is 11.6 Å². The zero-order valence-electron chi connectivity index (χ0n) is 19.2. The van der Waals surface area contributed by atoms with E-state index in [0.29, 0.717) is 39.2 Å². The Morgan fingerprint density at radius 2 is 1.47 bits per heavy atom. The topological polar surface area (TPSA) is 111 Å². The van der Waals surface area contributed by atoms with Gasteiger partial charge in [-0.15, -0.1) is 0 Å². The van der Waals surface area contributed by atoms with Gasteiger partial charge in [-0.2, -0.15) is 0 Å². The first-order valence-electron chi connectivity index (χ1n) is 10.5. The Morgan fingerprint density at radius 3 is 2.06 bits per heavy atom. The Labute approximate surface area is 201 Å². The predicted molar refractivity (Wildman–Crippen MR) is 136 cm³/mol. The summed E-state index contributed by atoms with van der Waals surface area (Å²) in [5.74, 6) is 2.21. The molecule has 10 heteroatoms. The minimum atomic E-state index is -0.428. The van der Waals surface area contributed by atoms with Crippen LogP contribution in [0, 0.1) is 10.1 Å². The highest BCUT2D eigenvalue weighted by atomic mass is 32.2. The summed E-state index contributed by atoms with van der Waals surface area (Å²) in [5.41, 5.74) is 2.15. The second-order valence-corrected chi connectivity index (χ2v) is 7.47. The van der Waals surface area contributed by atoms with Crippen LogP contribution in [0.15, 0.2) is 71.6 Å². The van der Waals surface area contributed by atoms with E-state index in [1.807, 2.05) is 50.2 Å². The fourth-order valence-electron chi connectivity index (χ4n) is 2.94. The molecule has 1 aromatic heterocycles. The van der Waals surface area contributed by atoms with Crippen LogP contribution < -0.4 is 19.5 Å². The number of methoxy groups -OCH3 is 2. The fourth-order valence-corrected chi connectivity index (χ4v) is 3.63. The number of nitrogens with zero attached hydrogens (tertiary/aromatic N) is 3. The van der Waals surface area contributed by atoms with Crippen molar-refractivity contribution in [2.45, 2.75) is 18.7 Å². The number of rotatable bonds is 8. The third-order valence-electron chi connectivity index (χ3n) is 4.48. The molecule has 0 aliphatic rings. The van der Waals surface area contributed by atoms with Gasteiger partial charge in [0.05, 0.1) is 30.2 Å². The number of nitro benzene ring substituents is 1. The predicted octanol–water partition coefficient (Wildman–Crippen LogP) is 6.44. The average molecular weight is 480 g/mol. The molecule has 0 atom stereocenters. The molecule has 0 radical (unpaired) electrons. The van der Waals surface area contributed by atoms with Crippen molar-refractivity contribution in [2.75, 3.05) is 24.3 Å². The van der Waals surface area contributed by atoms with E-state index in [0.717, 1.165) is 5.52 Å². The Hall–Kier alpha value is -4.05. The SMILES string of the molecule is CC.COc1cc(Nc2nc3ccccc3nc2NSc2cccc([N+](=O)[O-])c2)cc(OC)c1. The first-order chi connectivity index (χ1) is 16.6. The van der Waals surface area contributed by atoms with Gasteiger partial charge in [0.25, 0.3) is 5.69 Å². The molecule has 0 saturated heterocycles. The van der Waals surface area contributed by atoms with Crippen LogP contribution >= 0.6 is 11.9 Å². The maximum Gasteiger partial charge on any atom is 0.270 e. The van der Waals surface area contributed by atoms with Crippen molar-refractivity contribution in [3.05, 3.63) is 76.8 Å². The maximum atomic E-state index is 11.1. The maximum absolute atomic E-state index is 11.1. The number of hydrogen-bond acceptors (Lipinski definition) is 9. The molecule has 0 aliphatic carbocycles. The smallest absolute Gasteiger partial charge is 0.270 e. The molecule has 4 rings (SSSR count). The van der Waals surface area contributed by atoms with Crippen LogP contribution in [0.4, 0.5) is 23.0 Å². The molecule has 4 aromatic rings. The number of aromatic nitrogens is 2. The molecule has 0 saturated carbocycles. The summed E-state index contributed by atoms with van der Waals surface area (Å²) in [7, 11) is 3.16. The summed E-state index contributed by atoms with van der Waals surface area (Å²) >= 11 is 1.21. The van der Waals surface area contributed by atoms with Gasteiger partial charge in [-0.05, 0) is 30.1 Å². The highest BCUT2D eigenvalue weighted by Crippen LogP contribution is 2.32. The lowest BCUT2D eigenvalue weighted by molar-refractivity contribution is -0.385. The third kappa shape index (κ3) is 6.04. The van der Waals surface area contributed by atoms with E-state index in [9.17, 15) is 10.1 Å². The molecule has 3 aromatic carbocycles. The van der Waals surface area contributed by atoms with Gasteiger partial charge < -0.3 is 19.5 Å². The molecule has 34 heavy (non-hydrogen) atoms. The summed E-state index contributed by atoms with van der Waals surface area (Å²) in [4.78, 5) is 20.7. The van der Waals surface area contributed by atoms with Crippen LogP contribution in [0.2, 0.25) is 0 Å². The summed E-state index contributed by atoms with van der Waals surface area (Å²) in [6.07, 6.45) is 0. The zero-order valence-corrected chi connectivity index (χ0v) is 20.1. The molecular weight excluding hydrogens is 454 g/mol. The molecule has 9 nitrogen and oxygen atoms in total. The van der Waals surface area contributed by atoms with Crippen molar-refractivity contribution < 1.29 is 14.4 Å². The van der Waals surface area contributed by atoms with Gasteiger partial charge in [-0.1, -0.05) is 32.0 Å². The Balaban J connectivity index is 0.00000158. The lowest BCUT2D eigenvalue weighted by atomic mass is 10.2. The number of nitro groups is 1. The summed E-state index contributed by atoms with van der Waals surface area (Å²) < 4.78 is 13.8. The first-order valence-corrected chi connectivity index (χ1v) is 11.3. The summed E-state index contributed by atoms with van der Waals surface area (Å²) in [6, 6.07) is 19.3. The molecule has 0 amide bonds. The van der Waals surface area contributed by atoms with E-state index in [-0.39, 0.29) is 5.69 Å². The van der Waals surface area contributed by atoms with Gasteiger partial charge in [-0.3, -0.25) is 10.1 Å². The Morgan fingerprint density at radius 1 is 0.853 bits per heavy atom. The highest BCUT2D eigenvalue weighted by Gasteiger charge is 2.13. The Kier molecular flexibility index (Phi) is 8.47. The summed E-state index contributed by atoms with van der Waals surface area (Å²) in [5, 5.41) is 14.3. The number of para-hydroxylation sites is 2. The number of non-ortho nitro benzene ring substituents is 1. The van der Waals surface area contributed by atoms with E-state index in [1.165, 1.54) is 24.1 Å². The van der Waals surface area contributed by atoms with Gasteiger partial charge >= 0.3 is 0 Å². The second kappa shape index (κ2) is 11.7. The largest absolute Gasteiger partial charge is 0.497 e. The lowest BCUT2D eigenvalue weighted by Gasteiger charge is -2.14. The van der Waals surface area contributed by atoms with Gasteiger partial charge in [0.1, 0.15) is 11.5 Å². The van der Waals surface area contributed by atoms with Crippen LogP contribution in [0.1, 0.15) is 13.8 Å². The molecule has 176 valence electrons. The number of hydrogen-bond donors (Lipinski definition) is 2. The average Bonchev–Trinajstić information content (AvgIpc) is 2.88. The van der Waals surface area contributed by atoms with Crippen molar-refractivity contribution in [3.63, 3.8) is 0 Å². The van der Waals surface area contributed by atoms with Crippen molar-refractivity contribution in [1.29, 1.82) is 0 Å². The molecule has 0 spiro atoms. The second-order valence-electron chi connectivity index (χ2n) is 6.59. The minimum absolute atomic E-state index is 0.0169. The molecule has 1 heterocycles. The van der Waals surface area contributed by atoms with E-state index in [1.54, 1.807) is 32.4 Å². The van der Waals surface area contributed by atoms with E-state index in [2.05, 4.69) is 15.0 Å². The zero-order chi connectivity index (χ0) is 24.5. The third-order valence-corrected chi connectivity index (χ3v) is 5.26. The van der Waals surface area contributed by atoms with Crippen molar-refractivity contribution in [3.8, 4) is 11.5 Å². The fraction of sp³-hybridized carbons (Fsp3) is 0.167. The molecule has 0 aliphatic heterocycles. The molecule has 2 N–H and O–H groups in total. The summed E-state index contributed by atoms with van der Waals surface area (Å²) in [6.45, 7) is 4.00. The van der Waals surface area contributed by atoms with E-state index >= 15 is 0 Å². The molecule has 0 fully saturated rings. The van der Waals surface area contributed by atoms with Crippen molar-refractivity contribution in [1.82, 2.24) is 9.97 Å². The minimum Gasteiger partial charge on any atom is -0.497 e. The first kappa shape index (κ1) is 24.6. The van der Waals surface area contributed by atoms with Crippen LogP contribution in [-0.2, 0) is 0 Å². The van der Waals surface area contributed by atoms with Gasteiger partial charge in [-0.25, -0.2) is 9.97 Å². The number of anilines is 3. The number of ether oxygens (including phenoxy) is 2. The molecular formula is C24H25N5O4S. The van der Waals surface area contributed by atoms with E-state index in [4.69, 9.17) is 14.5 Å². The lowest BCUT2D eigenvalue weighted by Crippen LogP contribution is -2.03. The van der Waals surface area contributed by atoms with Crippen molar-refractivity contribution >= 4 is 46.0 Å². The van der Waals surface area contributed by atoms with Gasteiger partial charge in [0, 0.05) is 40.9 Å².